The van der Waals surface area contributed by atoms with Gasteiger partial charge in [-0.15, -0.1) is 0 Å². The van der Waals surface area contributed by atoms with Crippen LogP contribution in [-0.4, -0.2) is 58.6 Å². The van der Waals surface area contributed by atoms with Gasteiger partial charge >= 0.3 is 12.2 Å². The lowest BCUT2D eigenvalue weighted by atomic mass is 9.97. The van der Waals surface area contributed by atoms with Crippen molar-refractivity contribution >= 4 is 46.4 Å². The Hall–Kier alpha value is -3.95. The summed E-state index contributed by atoms with van der Waals surface area (Å²) >= 11 is 0. The summed E-state index contributed by atoms with van der Waals surface area (Å²) in [7, 11) is 0. The van der Waals surface area contributed by atoms with Gasteiger partial charge in [0.15, 0.2) is 0 Å². The summed E-state index contributed by atoms with van der Waals surface area (Å²) in [6.07, 6.45) is -0.176. The number of benzene rings is 2. The predicted molar refractivity (Wildman–Crippen MR) is 144 cm³/mol. The normalized spacial score (nSPS) is 17.3. The fourth-order valence-electron chi connectivity index (χ4n) is 4.84. The average Bonchev–Trinajstić information content (AvgIpc) is 3.08. The Kier molecular flexibility index (Phi) is 7.42. The molecule has 39 heavy (non-hydrogen) atoms. The highest BCUT2D eigenvalue weighted by atomic mass is 16.6. The molecule has 2 aliphatic heterocycles. The van der Waals surface area contributed by atoms with Gasteiger partial charge in [0.05, 0.1) is 5.69 Å². The summed E-state index contributed by atoms with van der Waals surface area (Å²) in [6.45, 7) is 10.4. The molecule has 0 aliphatic carbocycles. The van der Waals surface area contributed by atoms with E-state index in [2.05, 4.69) is 5.32 Å². The van der Waals surface area contributed by atoms with Gasteiger partial charge in [-0.1, -0.05) is 18.2 Å². The van der Waals surface area contributed by atoms with E-state index in [-0.39, 0.29) is 31.2 Å². The van der Waals surface area contributed by atoms with Crippen LogP contribution in [0.25, 0.3) is 10.8 Å². The minimum atomic E-state index is -0.782. The fraction of sp³-hybridized carbons (Fsp3) is 0.483. The van der Waals surface area contributed by atoms with Crippen molar-refractivity contribution in [1.82, 2.24) is 10.2 Å². The molecule has 2 aromatic carbocycles. The van der Waals surface area contributed by atoms with Gasteiger partial charge in [0.2, 0.25) is 11.8 Å². The fourth-order valence-corrected chi connectivity index (χ4v) is 4.84. The molecule has 2 aromatic rings. The zero-order chi connectivity index (χ0) is 28.7. The number of aryl methyl sites for hydroxylation is 1. The van der Waals surface area contributed by atoms with Gasteiger partial charge in [0.1, 0.15) is 17.2 Å². The molecule has 5 amide bonds. The number of ether oxygens (including phenoxy) is 2. The molecule has 1 unspecified atom stereocenters. The zero-order valence-electron chi connectivity index (χ0n) is 23.3. The van der Waals surface area contributed by atoms with Gasteiger partial charge in [-0.05, 0) is 83.9 Å². The number of carbonyl (C=O) groups is 5. The molecule has 10 heteroatoms. The van der Waals surface area contributed by atoms with Crippen LogP contribution in [0, 0.1) is 0 Å². The Morgan fingerprint density at radius 1 is 0.974 bits per heavy atom. The third-order valence-corrected chi connectivity index (χ3v) is 6.40. The minimum absolute atomic E-state index is 0.0775. The highest BCUT2D eigenvalue weighted by Crippen LogP contribution is 2.41. The number of hydrogen-bond acceptors (Lipinski definition) is 7. The maximum Gasteiger partial charge on any atom is 0.419 e. The second-order valence-electron chi connectivity index (χ2n) is 11.8. The van der Waals surface area contributed by atoms with Gasteiger partial charge < -0.3 is 9.47 Å². The van der Waals surface area contributed by atoms with Crippen LogP contribution in [0.3, 0.4) is 0 Å². The molecule has 2 aliphatic rings. The number of hydrogen-bond donors (Lipinski definition) is 1. The van der Waals surface area contributed by atoms with Crippen molar-refractivity contribution in [2.75, 3.05) is 11.4 Å². The van der Waals surface area contributed by atoms with Gasteiger partial charge in [0, 0.05) is 23.9 Å². The van der Waals surface area contributed by atoms with Crippen LogP contribution >= 0.6 is 0 Å². The molecule has 1 fully saturated rings. The lowest BCUT2D eigenvalue weighted by molar-refractivity contribution is -0.134. The molecular weight excluding hydrogens is 502 g/mol. The number of piperidine rings is 1. The molecule has 1 N–H and O–H groups in total. The van der Waals surface area contributed by atoms with E-state index in [1.807, 2.05) is 18.2 Å². The van der Waals surface area contributed by atoms with E-state index < -0.39 is 35.3 Å². The Balaban J connectivity index is 1.56. The topological polar surface area (TPSA) is 122 Å². The number of rotatable bonds is 5. The lowest BCUT2D eigenvalue weighted by Crippen LogP contribution is -2.53. The molecule has 0 bridgehead atoms. The maximum atomic E-state index is 13.3. The summed E-state index contributed by atoms with van der Waals surface area (Å²) in [5, 5.41) is 3.94. The molecule has 1 saturated heterocycles. The van der Waals surface area contributed by atoms with E-state index in [1.165, 1.54) is 4.90 Å². The van der Waals surface area contributed by atoms with Crippen LogP contribution in [0.4, 0.5) is 15.3 Å². The monoisotopic (exact) mass is 537 g/mol. The summed E-state index contributed by atoms with van der Waals surface area (Å²) in [4.78, 5) is 65.6. The summed E-state index contributed by atoms with van der Waals surface area (Å²) < 4.78 is 10.9. The third kappa shape index (κ3) is 6.05. The average molecular weight is 538 g/mol. The SMILES string of the molecule is CC(C)(C)OC(=O)N(CCCc1ccc2c3c(cccc13)C(=O)N2C1CCC(=O)NC1=O)C(=O)OC(C)(C)C. The minimum Gasteiger partial charge on any atom is -0.443 e. The van der Waals surface area contributed by atoms with E-state index in [0.717, 1.165) is 21.2 Å². The third-order valence-electron chi connectivity index (χ3n) is 6.40. The van der Waals surface area contributed by atoms with Gasteiger partial charge in [-0.25, -0.2) is 14.5 Å². The molecule has 208 valence electrons. The zero-order valence-corrected chi connectivity index (χ0v) is 23.3. The predicted octanol–water partition coefficient (Wildman–Crippen LogP) is 4.71. The van der Waals surface area contributed by atoms with E-state index in [9.17, 15) is 24.0 Å². The quantitative estimate of drug-likeness (QED) is 0.548. The van der Waals surface area contributed by atoms with Gasteiger partial charge in [-0.3, -0.25) is 24.6 Å². The summed E-state index contributed by atoms with van der Waals surface area (Å²) in [5.74, 6) is -1.09. The number of anilines is 1. The first-order valence-corrected chi connectivity index (χ1v) is 13.1. The van der Waals surface area contributed by atoms with Crippen LogP contribution in [0.2, 0.25) is 0 Å². The number of carbonyl (C=O) groups excluding carboxylic acids is 5. The number of imide groups is 2. The maximum absolute atomic E-state index is 13.3. The molecule has 0 aromatic heterocycles. The Labute approximate surface area is 227 Å². The standard InChI is InChI=1S/C29H35N3O7/c1-28(2,3)38-26(36)31(27(37)39-29(4,5)6)16-8-9-17-12-13-20-23-18(17)10-7-11-19(23)25(35)32(20)21-14-15-22(33)30-24(21)34/h7,10-13,21H,8-9,14-16H2,1-6H3,(H,30,33,34). The second kappa shape index (κ2) is 10.3. The number of nitrogens with zero attached hydrogens (tertiary/aromatic N) is 2. The van der Waals surface area contributed by atoms with E-state index in [1.54, 1.807) is 53.7 Å². The van der Waals surface area contributed by atoms with Crippen LogP contribution in [0.1, 0.15) is 76.7 Å². The molecule has 0 saturated carbocycles. The van der Waals surface area contributed by atoms with Crippen LogP contribution in [0.15, 0.2) is 30.3 Å². The van der Waals surface area contributed by atoms with E-state index >= 15 is 0 Å². The first-order chi connectivity index (χ1) is 18.2. The molecule has 0 radical (unpaired) electrons. The number of nitrogens with one attached hydrogen (secondary N) is 1. The highest BCUT2D eigenvalue weighted by molar-refractivity contribution is 6.27. The molecule has 0 spiro atoms. The van der Waals surface area contributed by atoms with E-state index in [0.29, 0.717) is 24.1 Å². The van der Waals surface area contributed by atoms with Crippen LogP contribution in [0.5, 0.6) is 0 Å². The Bertz CT molecular complexity index is 1330. The first kappa shape index (κ1) is 28.1. The molecule has 1 atom stereocenters. The molecule has 2 heterocycles. The van der Waals surface area contributed by atoms with Crippen molar-refractivity contribution in [3.05, 3.63) is 41.5 Å². The lowest BCUT2D eigenvalue weighted by Gasteiger charge is -2.30. The van der Waals surface area contributed by atoms with E-state index in [4.69, 9.17) is 9.47 Å². The smallest absolute Gasteiger partial charge is 0.419 e. The van der Waals surface area contributed by atoms with Gasteiger partial charge in [0.25, 0.3) is 5.91 Å². The molecule has 10 nitrogen and oxygen atoms in total. The van der Waals surface area contributed by atoms with Crippen LogP contribution < -0.4 is 10.2 Å². The van der Waals surface area contributed by atoms with Crippen molar-refractivity contribution in [2.45, 2.75) is 84.5 Å². The first-order valence-electron chi connectivity index (χ1n) is 13.1. The van der Waals surface area contributed by atoms with Crippen LogP contribution in [-0.2, 0) is 25.5 Å². The van der Waals surface area contributed by atoms with Crippen molar-refractivity contribution in [1.29, 1.82) is 0 Å². The largest absolute Gasteiger partial charge is 0.443 e. The van der Waals surface area contributed by atoms with Crippen molar-refractivity contribution in [3.8, 4) is 0 Å². The Morgan fingerprint density at radius 2 is 1.62 bits per heavy atom. The number of amides is 5. The van der Waals surface area contributed by atoms with Crippen molar-refractivity contribution in [2.24, 2.45) is 0 Å². The Morgan fingerprint density at radius 3 is 2.21 bits per heavy atom. The summed E-state index contributed by atoms with van der Waals surface area (Å²) in [6, 6.07) is 8.40. The second-order valence-corrected chi connectivity index (χ2v) is 11.8. The van der Waals surface area contributed by atoms with Crippen molar-refractivity contribution in [3.63, 3.8) is 0 Å². The summed E-state index contributed by atoms with van der Waals surface area (Å²) in [5.41, 5.74) is 0.499. The van der Waals surface area contributed by atoms with Crippen molar-refractivity contribution < 1.29 is 33.4 Å². The highest BCUT2D eigenvalue weighted by Gasteiger charge is 2.41. The van der Waals surface area contributed by atoms with Gasteiger partial charge in [-0.2, -0.15) is 0 Å². The molecular formula is C29H35N3O7. The molecule has 4 rings (SSSR count).